The highest BCUT2D eigenvalue weighted by molar-refractivity contribution is 6.00. The van der Waals surface area contributed by atoms with Gasteiger partial charge < -0.3 is 10.1 Å². The fourth-order valence-corrected chi connectivity index (χ4v) is 1.95. The van der Waals surface area contributed by atoms with Crippen molar-refractivity contribution in [1.82, 2.24) is 10.6 Å². The lowest BCUT2D eigenvalue weighted by atomic mass is 10.1. The summed E-state index contributed by atoms with van der Waals surface area (Å²) >= 11 is 0. The fraction of sp³-hybridized carbons (Fsp3) is 0.385. The normalized spacial score (nSPS) is 19.2. The molecule has 5 nitrogen and oxygen atoms in total. The van der Waals surface area contributed by atoms with Crippen LogP contribution in [0, 0.1) is 5.82 Å². The Morgan fingerprint density at radius 2 is 2.26 bits per heavy atom. The average molecular weight is 266 g/mol. The van der Waals surface area contributed by atoms with Gasteiger partial charge in [0, 0.05) is 13.0 Å². The summed E-state index contributed by atoms with van der Waals surface area (Å²) in [6.45, 7) is 0.354. The van der Waals surface area contributed by atoms with Crippen molar-refractivity contribution in [2.45, 2.75) is 25.4 Å². The molecular weight excluding hydrogens is 251 g/mol. The molecule has 1 aliphatic rings. The van der Waals surface area contributed by atoms with Crippen molar-refractivity contribution < 1.29 is 18.7 Å². The van der Waals surface area contributed by atoms with E-state index in [2.05, 4.69) is 10.6 Å². The minimum Gasteiger partial charge on any atom is -0.494 e. The maximum atomic E-state index is 13.5. The van der Waals surface area contributed by atoms with E-state index in [-0.39, 0.29) is 17.6 Å². The highest BCUT2D eigenvalue weighted by Gasteiger charge is 2.25. The van der Waals surface area contributed by atoms with E-state index in [1.54, 1.807) is 6.07 Å². The van der Waals surface area contributed by atoms with E-state index in [9.17, 15) is 14.0 Å². The Bertz CT molecular complexity index is 505. The molecule has 1 saturated heterocycles. The first kappa shape index (κ1) is 13.5. The highest BCUT2D eigenvalue weighted by atomic mass is 19.1. The standard InChI is InChI=1S/C13H15FN2O3/c1-19-11-4-2-8(6-9(11)14)7-15-10-3-5-12(17)16-13(10)18/h2,4,6,10,15H,3,5,7H2,1H3,(H,16,17,18). The minimum absolute atomic E-state index is 0.185. The zero-order valence-electron chi connectivity index (χ0n) is 10.5. The topological polar surface area (TPSA) is 67.4 Å². The molecule has 1 aromatic carbocycles. The van der Waals surface area contributed by atoms with Crippen LogP contribution in [0.2, 0.25) is 0 Å². The number of hydrogen-bond donors (Lipinski definition) is 2. The first-order chi connectivity index (χ1) is 9.10. The first-order valence-electron chi connectivity index (χ1n) is 5.99. The van der Waals surface area contributed by atoms with Crippen LogP contribution in [0.15, 0.2) is 18.2 Å². The van der Waals surface area contributed by atoms with Gasteiger partial charge in [0.1, 0.15) is 0 Å². The molecule has 1 aromatic rings. The Hall–Kier alpha value is -1.95. The molecule has 0 spiro atoms. The average Bonchev–Trinajstić information content (AvgIpc) is 2.38. The van der Waals surface area contributed by atoms with Crippen LogP contribution in [0.4, 0.5) is 4.39 Å². The van der Waals surface area contributed by atoms with E-state index < -0.39 is 11.9 Å². The molecular formula is C13H15FN2O3. The molecule has 102 valence electrons. The Morgan fingerprint density at radius 1 is 1.47 bits per heavy atom. The molecule has 1 heterocycles. The summed E-state index contributed by atoms with van der Waals surface area (Å²) in [5, 5.41) is 5.26. The summed E-state index contributed by atoms with van der Waals surface area (Å²) in [4.78, 5) is 22.5. The molecule has 1 unspecified atom stereocenters. The zero-order valence-corrected chi connectivity index (χ0v) is 10.5. The molecule has 0 saturated carbocycles. The number of nitrogens with one attached hydrogen (secondary N) is 2. The van der Waals surface area contributed by atoms with Crippen LogP contribution in [-0.2, 0) is 16.1 Å². The second-order valence-corrected chi connectivity index (χ2v) is 4.35. The second-order valence-electron chi connectivity index (χ2n) is 4.35. The highest BCUT2D eigenvalue weighted by Crippen LogP contribution is 2.17. The van der Waals surface area contributed by atoms with Crippen LogP contribution in [0.5, 0.6) is 5.75 Å². The van der Waals surface area contributed by atoms with E-state index >= 15 is 0 Å². The number of rotatable bonds is 4. The summed E-state index contributed by atoms with van der Waals surface area (Å²) in [6, 6.07) is 4.21. The number of hydrogen-bond acceptors (Lipinski definition) is 4. The summed E-state index contributed by atoms with van der Waals surface area (Å²) in [5.41, 5.74) is 0.711. The van der Waals surface area contributed by atoms with Crippen molar-refractivity contribution in [2.75, 3.05) is 7.11 Å². The third-order valence-electron chi connectivity index (χ3n) is 3.01. The largest absolute Gasteiger partial charge is 0.494 e. The quantitative estimate of drug-likeness (QED) is 0.788. The summed E-state index contributed by atoms with van der Waals surface area (Å²) in [5.74, 6) is -0.835. The van der Waals surface area contributed by atoms with Crippen molar-refractivity contribution in [3.05, 3.63) is 29.6 Å². The monoisotopic (exact) mass is 266 g/mol. The first-order valence-corrected chi connectivity index (χ1v) is 5.99. The van der Waals surface area contributed by atoms with Crippen molar-refractivity contribution in [3.8, 4) is 5.75 Å². The number of carbonyl (C=O) groups excluding carboxylic acids is 2. The molecule has 1 aliphatic heterocycles. The molecule has 0 bridgehead atoms. The van der Waals surface area contributed by atoms with E-state index in [1.165, 1.54) is 19.2 Å². The van der Waals surface area contributed by atoms with Crippen molar-refractivity contribution >= 4 is 11.8 Å². The third-order valence-corrected chi connectivity index (χ3v) is 3.01. The number of amides is 2. The SMILES string of the molecule is COc1ccc(CNC2CCC(=O)NC2=O)cc1F. The molecule has 2 N–H and O–H groups in total. The van der Waals surface area contributed by atoms with E-state index in [4.69, 9.17) is 4.74 Å². The third kappa shape index (κ3) is 3.29. The van der Waals surface area contributed by atoms with Gasteiger partial charge in [-0.05, 0) is 24.1 Å². The number of imide groups is 1. The lowest BCUT2D eigenvalue weighted by Gasteiger charge is -2.21. The van der Waals surface area contributed by atoms with Gasteiger partial charge in [0.05, 0.1) is 13.2 Å². The Morgan fingerprint density at radius 3 is 2.89 bits per heavy atom. The molecule has 2 amide bonds. The summed E-state index contributed by atoms with van der Waals surface area (Å²) in [7, 11) is 1.40. The van der Waals surface area contributed by atoms with Gasteiger partial charge in [0.15, 0.2) is 11.6 Å². The molecule has 0 aromatic heterocycles. The Kier molecular flexibility index (Phi) is 4.11. The lowest BCUT2D eigenvalue weighted by molar-refractivity contribution is -0.134. The van der Waals surface area contributed by atoms with E-state index in [0.29, 0.717) is 24.9 Å². The van der Waals surface area contributed by atoms with Crippen molar-refractivity contribution in [3.63, 3.8) is 0 Å². The van der Waals surface area contributed by atoms with Crippen LogP contribution in [0.1, 0.15) is 18.4 Å². The van der Waals surface area contributed by atoms with Gasteiger partial charge >= 0.3 is 0 Å². The molecule has 2 rings (SSSR count). The number of methoxy groups -OCH3 is 1. The molecule has 0 radical (unpaired) electrons. The number of piperidine rings is 1. The molecule has 6 heteroatoms. The van der Waals surface area contributed by atoms with E-state index in [1.807, 2.05) is 0 Å². The van der Waals surface area contributed by atoms with Gasteiger partial charge in [0.2, 0.25) is 11.8 Å². The molecule has 1 fully saturated rings. The Labute approximate surface area is 110 Å². The number of benzene rings is 1. The predicted molar refractivity (Wildman–Crippen MR) is 66.0 cm³/mol. The van der Waals surface area contributed by atoms with Crippen LogP contribution >= 0.6 is 0 Å². The van der Waals surface area contributed by atoms with Crippen molar-refractivity contribution in [1.29, 1.82) is 0 Å². The van der Waals surface area contributed by atoms with Crippen LogP contribution in [-0.4, -0.2) is 25.0 Å². The fourth-order valence-electron chi connectivity index (χ4n) is 1.95. The van der Waals surface area contributed by atoms with Gasteiger partial charge in [-0.1, -0.05) is 6.07 Å². The Balaban J connectivity index is 1.93. The summed E-state index contributed by atoms with van der Waals surface area (Å²) in [6.07, 6.45) is 0.781. The second kappa shape index (κ2) is 5.79. The molecule has 0 aliphatic carbocycles. The minimum atomic E-state index is -0.440. The number of ether oxygens (including phenoxy) is 1. The van der Waals surface area contributed by atoms with Crippen molar-refractivity contribution in [2.24, 2.45) is 0 Å². The summed E-state index contributed by atoms with van der Waals surface area (Å²) < 4.78 is 18.3. The van der Waals surface area contributed by atoms with Crippen LogP contribution < -0.4 is 15.4 Å². The van der Waals surface area contributed by atoms with Gasteiger partial charge in [0.25, 0.3) is 0 Å². The van der Waals surface area contributed by atoms with Gasteiger partial charge in [-0.2, -0.15) is 0 Å². The maximum Gasteiger partial charge on any atom is 0.243 e. The maximum absolute atomic E-state index is 13.5. The molecule has 1 atom stereocenters. The lowest BCUT2D eigenvalue weighted by Crippen LogP contribution is -2.50. The number of carbonyl (C=O) groups is 2. The van der Waals surface area contributed by atoms with Crippen LogP contribution in [0.3, 0.4) is 0 Å². The number of halogens is 1. The van der Waals surface area contributed by atoms with Gasteiger partial charge in [-0.15, -0.1) is 0 Å². The van der Waals surface area contributed by atoms with Gasteiger partial charge in [-0.25, -0.2) is 4.39 Å². The van der Waals surface area contributed by atoms with Crippen LogP contribution in [0.25, 0.3) is 0 Å². The smallest absolute Gasteiger partial charge is 0.243 e. The van der Waals surface area contributed by atoms with Gasteiger partial charge in [-0.3, -0.25) is 14.9 Å². The molecule has 19 heavy (non-hydrogen) atoms. The zero-order chi connectivity index (χ0) is 13.8. The predicted octanol–water partition coefficient (Wildman–Crippen LogP) is 0.729. The van der Waals surface area contributed by atoms with E-state index in [0.717, 1.165) is 0 Å².